The Morgan fingerprint density at radius 1 is 1.11 bits per heavy atom. The molecule has 0 bridgehead atoms. The molecule has 2 aromatic carbocycles. The second kappa shape index (κ2) is 10.6. The second-order valence-corrected chi connectivity index (χ2v) is 11.0. The lowest BCUT2D eigenvalue weighted by Gasteiger charge is -2.38. The van der Waals surface area contributed by atoms with Gasteiger partial charge in [-0.2, -0.15) is 13.2 Å². The van der Waals surface area contributed by atoms with E-state index in [2.05, 4.69) is 4.90 Å². The minimum Gasteiger partial charge on any atom is -0.492 e. The number of carbonyl (C=O) groups is 1. The number of rotatable bonds is 7. The number of fused-ring (bicyclic) bond motifs is 2. The summed E-state index contributed by atoms with van der Waals surface area (Å²) < 4.78 is 58.0. The number of piperidine rings is 1. The Kier molecular flexibility index (Phi) is 7.79. The van der Waals surface area contributed by atoms with Gasteiger partial charge in [-0.1, -0.05) is 25.1 Å². The van der Waals surface area contributed by atoms with Crippen LogP contribution in [-0.2, 0) is 34.2 Å². The Labute approximate surface area is 216 Å². The molecule has 2 aliphatic rings. The Morgan fingerprint density at radius 3 is 2.49 bits per heavy atom. The van der Waals surface area contributed by atoms with Crippen molar-refractivity contribution in [3.63, 3.8) is 0 Å². The number of benzene rings is 2. The summed E-state index contributed by atoms with van der Waals surface area (Å²) in [7, 11) is 0. The lowest BCUT2D eigenvalue weighted by Crippen LogP contribution is -2.44. The normalized spacial score (nSPS) is 17.4. The van der Waals surface area contributed by atoms with Crippen LogP contribution in [-0.4, -0.2) is 42.7 Å². The smallest absolute Gasteiger partial charge is 0.416 e. The summed E-state index contributed by atoms with van der Waals surface area (Å²) in [5.74, 6) is 1.04. The molecular weight excluding hydrogens is 483 g/mol. The molecule has 0 saturated carbocycles. The summed E-state index contributed by atoms with van der Waals surface area (Å²) in [5, 5.41) is 0. The molecule has 2 heterocycles. The van der Waals surface area contributed by atoms with Crippen LogP contribution in [0.2, 0.25) is 0 Å². The van der Waals surface area contributed by atoms with Gasteiger partial charge in [0.05, 0.1) is 18.6 Å². The summed E-state index contributed by atoms with van der Waals surface area (Å²) in [6.45, 7) is 10.2. The molecule has 1 fully saturated rings. The molecule has 0 unspecified atom stereocenters. The molecule has 8 heteroatoms. The van der Waals surface area contributed by atoms with Crippen LogP contribution in [0.25, 0.3) is 0 Å². The molecule has 5 nitrogen and oxygen atoms in total. The fraction of sp³-hybridized carbons (Fsp3) is 0.552. The van der Waals surface area contributed by atoms with Crippen LogP contribution >= 0.6 is 0 Å². The van der Waals surface area contributed by atoms with Crippen molar-refractivity contribution >= 4 is 5.97 Å². The first-order valence-electron chi connectivity index (χ1n) is 12.9. The highest BCUT2D eigenvalue weighted by Crippen LogP contribution is 2.47. The van der Waals surface area contributed by atoms with Gasteiger partial charge in [-0.15, -0.1) is 0 Å². The van der Waals surface area contributed by atoms with Gasteiger partial charge in [0.25, 0.3) is 0 Å². The molecule has 0 radical (unpaired) electrons. The fourth-order valence-corrected chi connectivity index (χ4v) is 5.26. The number of likely N-dealkylation sites (tertiary alicyclic amines) is 1. The fourth-order valence-electron chi connectivity index (χ4n) is 5.26. The first-order chi connectivity index (χ1) is 17.4. The average Bonchev–Trinajstić information content (AvgIpc) is 3.17. The zero-order valence-electron chi connectivity index (χ0n) is 22.0. The number of ether oxygens (including phenoxy) is 3. The summed E-state index contributed by atoms with van der Waals surface area (Å²) in [5.41, 5.74) is 0.711. The first-order valence-corrected chi connectivity index (χ1v) is 12.9. The van der Waals surface area contributed by atoms with E-state index in [0.717, 1.165) is 43.3 Å². The van der Waals surface area contributed by atoms with E-state index in [1.807, 2.05) is 39.8 Å². The molecule has 2 aliphatic heterocycles. The Balaban J connectivity index is 1.38. The second-order valence-electron chi connectivity index (χ2n) is 11.0. The topological polar surface area (TPSA) is 48.0 Å². The number of hydrogen-bond donors (Lipinski definition) is 0. The number of carbonyl (C=O) groups excluding carboxylic acids is 1. The predicted molar refractivity (Wildman–Crippen MR) is 135 cm³/mol. The maximum Gasteiger partial charge on any atom is 0.416 e. The highest BCUT2D eigenvalue weighted by atomic mass is 19.4. The first kappa shape index (κ1) is 27.3. The van der Waals surface area contributed by atoms with Crippen molar-refractivity contribution in [2.45, 2.75) is 77.2 Å². The average molecular weight is 520 g/mol. The van der Waals surface area contributed by atoms with Crippen LogP contribution < -0.4 is 9.47 Å². The van der Waals surface area contributed by atoms with E-state index in [0.29, 0.717) is 37.3 Å². The number of hydrogen-bond acceptors (Lipinski definition) is 5. The Morgan fingerprint density at radius 2 is 1.84 bits per heavy atom. The minimum absolute atomic E-state index is 0.0887. The van der Waals surface area contributed by atoms with Crippen molar-refractivity contribution < 1.29 is 32.2 Å². The quantitative estimate of drug-likeness (QED) is 0.402. The molecule has 1 saturated heterocycles. The molecular formula is C29H36F3NO4. The van der Waals surface area contributed by atoms with Crippen molar-refractivity contribution in [3.8, 4) is 11.5 Å². The third-order valence-corrected chi connectivity index (χ3v) is 7.24. The number of esters is 1. The van der Waals surface area contributed by atoms with Crippen molar-refractivity contribution in [3.05, 3.63) is 58.7 Å². The number of aryl methyl sites for hydroxylation is 1. The lowest BCUT2D eigenvalue weighted by molar-refractivity contribution is -0.155. The summed E-state index contributed by atoms with van der Waals surface area (Å²) in [6, 6.07) is 9.87. The largest absolute Gasteiger partial charge is 0.492 e. The molecule has 0 aromatic heterocycles. The maximum absolute atomic E-state index is 13.6. The maximum atomic E-state index is 13.6. The Hall–Kier alpha value is -2.74. The van der Waals surface area contributed by atoms with Gasteiger partial charge in [0.15, 0.2) is 0 Å². The van der Waals surface area contributed by atoms with E-state index in [9.17, 15) is 18.0 Å². The van der Waals surface area contributed by atoms with Gasteiger partial charge in [-0.05, 0) is 70.8 Å². The minimum atomic E-state index is -4.43. The molecule has 1 spiro atoms. The van der Waals surface area contributed by atoms with Crippen molar-refractivity contribution in [2.24, 2.45) is 0 Å². The van der Waals surface area contributed by atoms with Gasteiger partial charge in [0.2, 0.25) is 0 Å². The third kappa shape index (κ3) is 6.40. The van der Waals surface area contributed by atoms with Gasteiger partial charge in [-0.25, -0.2) is 0 Å². The van der Waals surface area contributed by atoms with Crippen LogP contribution in [0.15, 0.2) is 36.4 Å². The molecule has 4 rings (SSSR count). The predicted octanol–water partition coefficient (Wildman–Crippen LogP) is 6.30. The van der Waals surface area contributed by atoms with Crippen LogP contribution in [0.5, 0.6) is 11.5 Å². The molecule has 37 heavy (non-hydrogen) atoms. The Bertz CT molecular complexity index is 1120. The van der Waals surface area contributed by atoms with Crippen molar-refractivity contribution in [2.75, 3.05) is 26.2 Å². The van der Waals surface area contributed by atoms with Gasteiger partial charge < -0.3 is 19.1 Å². The summed E-state index contributed by atoms with van der Waals surface area (Å²) in [4.78, 5) is 14.3. The highest BCUT2D eigenvalue weighted by Gasteiger charge is 2.43. The van der Waals surface area contributed by atoms with Gasteiger partial charge in [0, 0.05) is 29.2 Å². The van der Waals surface area contributed by atoms with E-state index < -0.39 is 17.3 Å². The van der Waals surface area contributed by atoms with E-state index in [-0.39, 0.29) is 23.6 Å². The van der Waals surface area contributed by atoms with Crippen molar-refractivity contribution in [1.82, 2.24) is 4.90 Å². The van der Waals surface area contributed by atoms with Gasteiger partial charge in [0.1, 0.15) is 23.7 Å². The number of alkyl halides is 3. The van der Waals surface area contributed by atoms with Crippen LogP contribution in [0.1, 0.15) is 69.2 Å². The van der Waals surface area contributed by atoms with E-state index >= 15 is 0 Å². The molecule has 0 N–H and O–H groups in total. The third-order valence-electron chi connectivity index (χ3n) is 7.24. The van der Waals surface area contributed by atoms with Gasteiger partial charge >= 0.3 is 12.1 Å². The molecule has 0 atom stereocenters. The molecule has 0 aliphatic carbocycles. The van der Waals surface area contributed by atoms with E-state index in [1.54, 1.807) is 12.1 Å². The molecule has 0 amide bonds. The number of halogens is 3. The zero-order chi connectivity index (χ0) is 26.8. The standard InChI is InChI=1S/C29H36F3NO4/c1-5-20-7-6-8-23(29(30,31)32)22(20)18-35-21-9-10-24-25(17-21)36-19-28(24)12-15-33(16-13-28)14-11-26(34)37-27(2,3)4/h6-10,17H,5,11-16,18-19H2,1-4H3. The molecule has 202 valence electrons. The molecule has 2 aromatic rings. The highest BCUT2D eigenvalue weighted by molar-refractivity contribution is 5.70. The van der Waals surface area contributed by atoms with Crippen molar-refractivity contribution in [1.29, 1.82) is 0 Å². The SMILES string of the molecule is CCc1cccc(C(F)(F)F)c1COc1ccc2c(c1)OCC21CCN(CCC(=O)OC(C)(C)C)CC1. The lowest BCUT2D eigenvalue weighted by atomic mass is 9.74. The van der Waals surface area contributed by atoms with Crippen LogP contribution in [0, 0.1) is 0 Å². The van der Waals surface area contributed by atoms with Crippen LogP contribution in [0.3, 0.4) is 0 Å². The van der Waals surface area contributed by atoms with E-state index in [1.165, 1.54) is 6.07 Å². The monoisotopic (exact) mass is 519 g/mol. The number of nitrogens with zero attached hydrogens (tertiary/aromatic N) is 1. The zero-order valence-corrected chi connectivity index (χ0v) is 22.0. The summed E-state index contributed by atoms with van der Waals surface area (Å²) >= 11 is 0. The van der Waals surface area contributed by atoms with E-state index in [4.69, 9.17) is 14.2 Å². The van der Waals surface area contributed by atoms with Crippen LogP contribution in [0.4, 0.5) is 13.2 Å². The summed E-state index contributed by atoms with van der Waals surface area (Å²) in [6.07, 6.45) is -1.75. The van der Waals surface area contributed by atoms with Gasteiger partial charge in [-0.3, -0.25) is 4.79 Å².